The average Bonchev–Trinajstić information content (AvgIpc) is 1.79. The van der Waals surface area contributed by atoms with E-state index in [2.05, 4.69) is 13.8 Å². The zero-order valence-electron chi connectivity index (χ0n) is 7.27. The molecule has 0 aromatic carbocycles. The van der Waals surface area contributed by atoms with E-state index in [0.717, 1.165) is 18.8 Å². The Morgan fingerprint density at radius 2 is 1.54 bits per heavy atom. The van der Waals surface area contributed by atoms with Crippen LogP contribution in [0.2, 0.25) is 0 Å². The van der Waals surface area contributed by atoms with Crippen molar-refractivity contribution in [3.63, 3.8) is 0 Å². The molecule has 0 amide bonds. The first-order valence-electron chi connectivity index (χ1n) is 3.58. The van der Waals surface area contributed by atoms with E-state index in [4.69, 9.17) is 22.6 Å². The first-order chi connectivity index (χ1) is 5.27. The predicted octanol–water partition coefficient (Wildman–Crippen LogP) is 0.114. The van der Waals surface area contributed by atoms with E-state index in [9.17, 15) is 0 Å². The molecule has 0 radical (unpaired) electrons. The molecule has 0 bridgehead atoms. The Kier molecular flexibility index (Phi) is 16.3. The monoisotopic (exact) mass is 224 g/mol. The van der Waals surface area contributed by atoms with Gasteiger partial charge in [-0.05, 0) is 18.8 Å². The van der Waals surface area contributed by atoms with Crippen LogP contribution in [0.1, 0.15) is 26.7 Å². The Morgan fingerprint density at radius 1 is 1.23 bits per heavy atom. The third-order valence-corrected chi connectivity index (χ3v) is 0.940. The van der Waals surface area contributed by atoms with Gasteiger partial charge in [-0.15, -0.1) is 0 Å². The van der Waals surface area contributed by atoms with E-state index >= 15 is 0 Å². The van der Waals surface area contributed by atoms with Crippen molar-refractivity contribution in [3.8, 4) is 0 Å². The van der Waals surface area contributed by atoms with E-state index in [1.165, 1.54) is 0 Å². The molecule has 0 spiro atoms. The number of hydrogen-bond acceptors (Lipinski definition) is 3. The van der Waals surface area contributed by atoms with Crippen LogP contribution < -0.4 is 0 Å². The third kappa shape index (κ3) is 64.5. The molecule has 0 aliphatic carbocycles. The molecule has 0 atom stereocenters. The van der Waals surface area contributed by atoms with Crippen LogP contribution in [0.4, 0.5) is 0 Å². The van der Waals surface area contributed by atoms with Crippen LogP contribution in [0.5, 0.6) is 0 Å². The first-order valence-corrected chi connectivity index (χ1v) is 4.97. The van der Waals surface area contributed by atoms with Gasteiger partial charge in [0.1, 0.15) is 0 Å². The summed E-state index contributed by atoms with van der Waals surface area (Å²) < 4.78 is 31.6. The summed E-state index contributed by atoms with van der Waals surface area (Å²) in [5.41, 5.74) is 0. The zero-order valence-corrected chi connectivity index (χ0v) is 8.08. The number of rotatable bonds is 3. The van der Waals surface area contributed by atoms with Crippen LogP contribution >= 0.6 is 0 Å². The Bertz CT molecular complexity index is 169. The van der Waals surface area contributed by atoms with Crippen molar-refractivity contribution >= 4 is 40.0 Å². The second kappa shape index (κ2) is 10.9. The molecule has 0 heterocycles. The van der Waals surface area contributed by atoms with Crippen LogP contribution in [0, 0.1) is 5.92 Å². The summed E-state index contributed by atoms with van der Waals surface area (Å²) in [5.74, 6) is 0.743. The van der Waals surface area contributed by atoms with Gasteiger partial charge in [0.15, 0.2) is 0 Å². The van der Waals surface area contributed by atoms with Crippen LogP contribution in [-0.4, -0.2) is 58.8 Å². The molecule has 0 aromatic rings. The van der Waals surface area contributed by atoms with Gasteiger partial charge in [-0.25, -0.2) is 0 Å². The van der Waals surface area contributed by atoms with Crippen molar-refractivity contribution in [1.29, 1.82) is 0 Å². The molecule has 0 aromatic heterocycles. The molecule has 0 unspecified atom stereocenters. The van der Waals surface area contributed by atoms with Gasteiger partial charge in [-0.1, -0.05) is 13.8 Å². The van der Waals surface area contributed by atoms with Gasteiger partial charge in [0.2, 0.25) is 0 Å². The third-order valence-electron chi connectivity index (χ3n) is 0.940. The number of aliphatic hydroxyl groups excluding tert-OH is 1. The topological polar surface area (TPSA) is 94.8 Å². The quantitative estimate of drug-likeness (QED) is 0.467. The number of hydrogen-bond donors (Lipinski definition) is 3. The van der Waals surface area contributed by atoms with Crippen molar-refractivity contribution in [2.75, 3.05) is 6.61 Å². The number of aliphatic hydroxyl groups is 1. The summed E-state index contributed by atoms with van der Waals surface area (Å²) in [6.45, 7) is 4.67. The van der Waals surface area contributed by atoms with E-state index in [-0.39, 0.29) is 29.6 Å². The summed E-state index contributed by atoms with van der Waals surface area (Å²) in [6, 6.07) is 0. The molecule has 0 rings (SSSR count). The second-order valence-electron chi connectivity index (χ2n) is 2.71. The van der Waals surface area contributed by atoms with Crippen LogP contribution in [0.15, 0.2) is 0 Å². The van der Waals surface area contributed by atoms with Crippen molar-refractivity contribution < 1.29 is 22.6 Å². The summed E-state index contributed by atoms with van der Waals surface area (Å²) in [4.78, 5) is 0. The second-order valence-corrected chi connectivity index (χ2v) is 3.60. The maximum atomic E-state index is 8.74. The molecular weight excluding hydrogens is 207 g/mol. The molecule has 0 aliphatic rings. The Hall–Kier alpha value is 0.830. The summed E-state index contributed by atoms with van der Waals surface area (Å²) in [6.07, 6.45) is 2.11. The van der Waals surface area contributed by atoms with E-state index in [1.807, 2.05) is 0 Å². The minimum absolute atomic E-state index is 0. The van der Waals surface area contributed by atoms with Crippen molar-refractivity contribution in [1.82, 2.24) is 0 Å². The van der Waals surface area contributed by atoms with Gasteiger partial charge in [-0.2, -0.15) is 8.42 Å². The summed E-state index contributed by atoms with van der Waals surface area (Å²) in [7, 11) is -4.67. The fourth-order valence-corrected chi connectivity index (χ4v) is 0.500. The normalized spacial score (nSPS) is 10.0. The molecule has 3 N–H and O–H groups in total. The molecule has 0 aliphatic heterocycles. The Morgan fingerprint density at radius 3 is 1.62 bits per heavy atom. The fourth-order valence-electron chi connectivity index (χ4n) is 0.500. The fraction of sp³-hybridized carbons (Fsp3) is 1.00. The van der Waals surface area contributed by atoms with Crippen LogP contribution in [-0.2, 0) is 10.4 Å². The zero-order chi connectivity index (χ0) is 10.2. The van der Waals surface area contributed by atoms with Crippen LogP contribution in [0.3, 0.4) is 0 Å². The van der Waals surface area contributed by atoms with Gasteiger partial charge < -0.3 is 5.11 Å². The van der Waals surface area contributed by atoms with Crippen molar-refractivity contribution in [2.24, 2.45) is 5.92 Å². The SMILES string of the molecule is CC(C)CCCO.O=S(=O)(O)O.[NaH]. The molecule has 0 saturated heterocycles. The average molecular weight is 224 g/mol. The molecule has 13 heavy (non-hydrogen) atoms. The van der Waals surface area contributed by atoms with Crippen molar-refractivity contribution in [2.45, 2.75) is 26.7 Å². The predicted molar refractivity (Wildman–Crippen MR) is 52.5 cm³/mol. The first kappa shape index (κ1) is 19.4. The minimum atomic E-state index is -4.67. The maximum absolute atomic E-state index is 8.74. The molecule has 0 saturated carbocycles. The standard InChI is InChI=1S/C6H14O.Na.H2O4S.H/c1-6(2)4-3-5-7;;1-5(2,3)4;/h6-7H,3-5H2,1-2H3;;(H2,1,2,3,4);. The Balaban J connectivity index is -0.000000150. The van der Waals surface area contributed by atoms with Gasteiger partial charge in [-0.3, -0.25) is 9.11 Å². The molecule has 5 nitrogen and oxygen atoms in total. The van der Waals surface area contributed by atoms with Crippen molar-refractivity contribution in [3.05, 3.63) is 0 Å². The Labute approximate surface area is 101 Å². The summed E-state index contributed by atoms with van der Waals surface area (Å²) >= 11 is 0. The van der Waals surface area contributed by atoms with Gasteiger partial charge >= 0.3 is 40.0 Å². The van der Waals surface area contributed by atoms with Gasteiger partial charge in [0.05, 0.1) is 0 Å². The van der Waals surface area contributed by atoms with Gasteiger partial charge in [0, 0.05) is 6.61 Å². The van der Waals surface area contributed by atoms with Crippen LogP contribution in [0.25, 0.3) is 0 Å². The van der Waals surface area contributed by atoms with E-state index in [0.29, 0.717) is 6.61 Å². The summed E-state index contributed by atoms with van der Waals surface area (Å²) in [5, 5.41) is 8.32. The molecular formula is C6H17NaO5S. The molecule has 7 heteroatoms. The molecule has 0 fully saturated rings. The van der Waals surface area contributed by atoms with E-state index < -0.39 is 10.4 Å². The van der Waals surface area contributed by atoms with Gasteiger partial charge in [0.25, 0.3) is 0 Å². The molecule has 78 valence electrons. The van der Waals surface area contributed by atoms with E-state index in [1.54, 1.807) is 0 Å².